The number of rotatable bonds is 4. The molecule has 0 spiro atoms. The van der Waals surface area contributed by atoms with Crippen molar-refractivity contribution in [3.8, 4) is 5.75 Å². The highest BCUT2D eigenvalue weighted by atomic mass is 16.3. The first-order valence-corrected chi connectivity index (χ1v) is 6.80. The van der Waals surface area contributed by atoms with Gasteiger partial charge in [-0.2, -0.15) is 0 Å². The molecule has 19 heavy (non-hydrogen) atoms. The molecular formula is C14H20N2O3. The summed E-state index contributed by atoms with van der Waals surface area (Å²) in [5.74, 6) is -0.398. The summed E-state index contributed by atoms with van der Waals surface area (Å²) in [7, 11) is 0. The fraction of sp³-hybridized carbons (Fsp3) is 0.571. The fourth-order valence-corrected chi connectivity index (χ4v) is 2.65. The molecule has 1 aliphatic carbocycles. The van der Waals surface area contributed by atoms with Crippen molar-refractivity contribution in [2.24, 2.45) is 0 Å². The maximum Gasteiger partial charge on any atom is 0.276 e. The second-order valence-electron chi connectivity index (χ2n) is 4.89. The van der Waals surface area contributed by atoms with Crippen molar-refractivity contribution >= 4 is 5.91 Å². The molecule has 5 heteroatoms. The van der Waals surface area contributed by atoms with Crippen molar-refractivity contribution in [1.82, 2.24) is 9.88 Å². The van der Waals surface area contributed by atoms with Gasteiger partial charge in [0.15, 0.2) is 5.69 Å². The van der Waals surface area contributed by atoms with Gasteiger partial charge in [-0.05, 0) is 25.0 Å². The highest BCUT2D eigenvalue weighted by Gasteiger charge is 2.27. The maximum absolute atomic E-state index is 12.4. The summed E-state index contributed by atoms with van der Waals surface area (Å²) in [5.41, 5.74) is 0.0709. The molecule has 1 amide bonds. The van der Waals surface area contributed by atoms with Crippen LogP contribution in [0.5, 0.6) is 5.75 Å². The van der Waals surface area contributed by atoms with Gasteiger partial charge in [-0.3, -0.25) is 4.79 Å². The number of carbonyl (C=O) groups is 1. The minimum Gasteiger partial charge on any atom is -0.505 e. The fourth-order valence-electron chi connectivity index (χ4n) is 2.65. The third-order valence-electron chi connectivity index (χ3n) is 3.61. The van der Waals surface area contributed by atoms with Crippen LogP contribution in [0.4, 0.5) is 0 Å². The van der Waals surface area contributed by atoms with Crippen LogP contribution in [-0.4, -0.2) is 45.2 Å². The van der Waals surface area contributed by atoms with E-state index < -0.39 is 0 Å². The Balaban J connectivity index is 2.18. The highest BCUT2D eigenvalue weighted by Crippen LogP contribution is 2.25. The second-order valence-corrected chi connectivity index (χ2v) is 4.89. The molecule has 0 bridgehead atoms. The van der Waals surface area contributed by atoms with Crippen LogP contribution in [0, 0.1) is 0 Å². The van der Waals surface area contributed by atoms with Gasteiger partial charge < -0.3 is 15.1 Å². The van der Waals surface area contributed by atoms with Crippen LogP contribution in [0.1, 0.15) is 42.6 Å². The van der Waals surface area contributed by atoms with Crippen LogP contribution in [-0.2, 0) is 0 Å². The predicted octanol–water partition coefficient (Wildman–Crippen LogP) is 1.55. The monoisotopic (exact) mass is 264 g/mol. The topological polar surface area (TPSA) is 73.7 Å². The number of aromatic hydroxyl groups is 1. The Morgan fingerprint density at radius 2 is 2.11 bits per heavy atom. The van der Waals surface area contributed by atoms with Gasteiger partial charge in [0.25, 0.3) is 5.91 Å². The molecule has 0 aromatic carbocycles. The lowest BCUT2D eigenvalue weighted by Gasteiger charge is -2.33. The molecule has 1 fully saturated rings. The van der Waals surface area contributed by atoms with Gasteiger partial charge in [-0.15, -0.1) is 0 Å². The molecule has 1 heterocycles. The van der Waals surface area contributed by atoms with E-state index in [1.807, 2.05) is 0 Å². The van der Waals surface area contributed by atoms with Crippen LogP contribution in [0.25, 0.3) is 0 Å². The Morgan fingerprint density at radius 3 is 2.74 bits per heavy atom. The minimum atomic E-state index is -0.293. The summed E-state index contributed by atoms with van der Waals surface area (Å²) in [4.78, 5) is 18.1. The number of aliphatic hydroxyl groups excluding tert-OH is 1. The zero-order valence-electron chi connectivity index (χ0n) is 11.0. The molecule has 5 nitrogen and oxygen atoms in total. The smallest absolute Gasteiger partial charge is 0.276 e. The Kier molecular flexibility index (Phi) is 4.74. The van der Waals surface area contributed by atoms with E-state index >= 15 is 0 Å². The Hall–Kier alpha value is -1.62. The van der Waals surface area contributed by atoms with Gasteiger partial charge >= 0.3 is 0 Å². The van der Waals surface area contributed by atoms with E-state index in [0.717, 1.165) is 25.7 Å². The SMILES string of the molecule is O=C(c1ncccc1O)N(CCO)C1CCCCC1. The van der Waals surface area contributed by atoms with E-state index in [-0.39, 0.29) is 30.0 Å². The van der Waals surface area contributed by atoms with Gasteiger partial charge in [0.1, 0.15) is 5.75 Å². The summed E-state index contributed by atoms with van der Waals surface area (Å²) in [6.45, 7) is 0.218. The zero-order valence-corrected chi connectivity index (χ0v) is 11.0. The van der Waals surface area contributed by atoms with E-state index in [1.165, 1.54) is 18.7 Å². The molecular weight excluding hydrogens is 244 g/mol. The summed E-state index contributed by atoms with van der Waals surface area (Å²) in [6.07, 6.45) is 6.82. The number of carbonyl (C=O) groups excluding carboxylic acids is 1. The normalized spacial score (nSPS) is 16.3. The Labute approximate surface area is 112 Å². The van der Waals surface area contributed by atoms with Crippen LogP contribution in [0.3, 0.4) is 0 Å². The summed E-state index contributed by atoms with van der Waals surface area (Å²) < 4.78 is 0. The molecule has 1 aliphatic rings. The molecule has 1 saturated carbocycles. The molecule has 0 saturated heterocycles. The van der Waals surface area contributed by atoms with Crippen molar-refractivity contribution in [3.05, 3.63) is 24.0 Å². The van der Waals surface area contributed by atoms with E-state index in [1.54, 1.807) is 11.0 Å². The van der Waals surface area contributed by atoms with Crippen molar-refractivity contribution in [1.29, 1.82) is 0 Å². The third kappa shape index (κ3) is 3.23. The van der Waals surface area contributed by atoms with Crippen molar-refractivity contribution in [2.45, 2.75) is 38.1 Å². The molecule has 2 rings (SSSR count). The van der Waals surface area contributed by atoms with Crippen molar-refractivity contribution in [3.63, 3.8) is 0 Å². The van der Waals surface area contributed by atoms with Crippen LogP contribution < -0.4 is 0 Å². The molecule has 0 aliphatic heterocycles. The molecule has 0 atom stereocenters. The number of hydrogen-bond donors (Lipinski definition) is 2. The predicted molar refractivity (Wildman–Crippen MR) is 70.9 cm³/mol. The molecule has 0 radical (unpaired) electrons. The van der Waals surface area contributed by atoms with E-state index in [0.29, 0.717) is 6.54 Å². The highest BCUT2D eigenvalue weighted by molar-refractivity contribution is 5.95. The third-order valence-corrected chi connectivity index (χ3v) is 3.61. The van der Waals surface area contributed by atoms with Gasteiger partial charge in [0.05, 0.1) is 6.61 Å². The second kappa shape index (κ2) is 6.52. The maximum atomic E-state index is 12.4. The van der Waals surface area contributed by atoms with Gasteiger partial charge in [0, 0.05) is 18.8 Å². The first kappa shape index (κ1) is 13.8. The first-order valence-electron chi connectivity index (χ1n) is 6.80. The number of pyridine rings is 1. The van der Waals surface area contributed by atoms with Crippen molar-refractivity contribution < 1.29 is 15.0 Å². The van der Waals surface area contributed by atoms with Gasteiger partial charge in [-0.1, -0.05) is 19.3 Å². The largest absolute Gasteiger partial charge is 0.505 e. The number of aromatic nitrogens is 1. The van der Waals surface area contributed by atoms with Crippen LogP contribution >= 0.6 is 0 Å². The Bertz CT molecular complexity index is 430. The summed E-state index contributed by atoms with van der Waals surface area (Å²) >= 11 is 0. The van der Waals surface area contributed by atoms with Crippen LogP contribution in [0.15, 0.2) is 18.3 Å². The minimum absolute atomic E-state index is 0.0709. The molecule has 104 valence electrons. The van der Waals surface area contributed by atoms with Gasteiger partial charge in [-0.25, -0.2) is 4.98 Å². The Morgan fingerprint density at radius 1 is 1.37 bits per heavy atom. The zero-order chi connectivity index (χ0) is 13.7. The van der Waals surface area contributed by atoms with E-state index in [9.17, 15) is 9.90 Å². The van der Waals surface area contributed by atoms with Gasteiger partial charge in [0.2, 0.25) is 0 Å². The van der Waals surface area contributed by atoms with Crippen LogP contribution in [0.2, 0.25) is 0 Å². The van der Waals surface area contributed by atoms with Crippen molar-refractivity contribution in [2.75, 3.05) is 13.2 Å². The lowest BCUT2D eigenvalue weighted by Crippen LogP contribution is -2.43. The van der Waals surface area contributed by atoms with E-state index in [2.05, 4.69) is 4.98 Å². The lowest BCUT2D eigenvalue weighted by molar-refractivity contribution is 0.0576. The standard InChI is InChI=1S/C14H20N2O3/c17-10-9-16(11-5-2-1-3-6-11)14(19)13-12(18)7-4-8-15-13/h4,7-8,11,17-18H,1-3,5-6,9-10H2. The molecule has 1 aromatic rings. The lowest BCUT2D eigenvalue weighted by atomic mass is 9.94. The first-order chi connectivity index (χ1) is 9.24. The molecule has 1 aromatic heterocycles. The number of amides is 1. The quantitative estimate of drug-likeness (QED) is 0.865. The molecule has 0 unspecified atom stereocenters. The molecule has 2 N–H and O–H groups in total. The average molecular weight is 264 g/mol. The summed E-state index contributed by atoms with van der Waals surface area (Å²) in [5, 5.41) is 18.9. The summed E-state index contributed by atoms with van der Waals surface area (Å²) in [6, 6.07) is 3.19. The van der Waals surface area contributed by atoms with E-state index in [4.69, 9.17) is 5.11 Å². The number of hydrogen-bond acceptors (Lipinski definition) is 4. The number of aliphatic hydroxyl groups is 1. The number of nitrogens with zero attached hydrogens (tertiary/aromatic N) is 2. The average Bonchev–Trinajstić information content (AvgIpc) is 2.45.